The number of carbonyl (C=O) groups is 1. The first-order valence-corrected chi connectivity index (χ1v) is 4.93. The Labute approximate surface area is 74.9 Å². The summed E-state index contributed by atoms with van der Waals surface area (Å²) in [5.74, 6) is 0.526. The first-order chi connectivity index (χ1) is 5.66. The summed E-state index contributed by atoms with van der Waals surface area (Å²) in [6.07, 6.45) is 4.66. The van der Waals surface area contributed by atoms with Gasteiger partial charge in [-0.3, -0.25) is 4.79 Å². The largest absolute Gasteiger partial charge is 0.343 e. The third-order valence-electron chi connectivity index (χ3n) is 3.00. The molecule has 0 bridgehead atoms. The predicted octanol–water partition coefficient (Wildman–Crippen LogP) is 2.04. The van der Waals surface area contributed by atoms with Crippen molar-refractivity contribution in [3.63, 3.8) is 0 Å². The zero-order valence-electron chi connectivity index (χ0n) is 8.34. The molecule has 70 valence electrons. The van der Waals surface area contributed by atoms with E-state index in [-0.39, 0.29) is 5.92 Å². The van der Waals surface area contributed by atoms with E-state index in [1.807, 2.05) is 18.9 Å². The van der Waals surface area contributed by atoms with Gasteiger partial charge < -0.3 is 4.90 Å². The van der Waals surface area contributed by atoms with Crippen LogP contribution in [-0.4, -0.2) is 23.9 Å². The van der Waals surface area contributed by atoms with Crippen LogP contribution < -0.4 is 0 Å². The van der Waals surface area contributed by atoms with Crippen molar-refractivity contribution in [1.82, 2.24) is 4.90 Å². The Kier molecular flexibility index (Phi) is 3.12. The van der Waals surface area contributed by atoms with E-state index in [0.717, 1.165) is 6.42 Å². The van der Waals surface area contributed by atoms with Crippen LogP contribution in [0.15, 0.2) is 0 Å². The summed E-state index contributed by atoms with van der Waals surface area (Å²) in [6.45, 7) is 4.08. The van der Waals surface area contributed by atoms with E-state index in [9.17, 15) is 4.79 Å². The van der Waals surface area contributed by atoms with Gasteiger partial charge in [0.2, 0.25) is 5.91 Å². The number of nitrogens with zero attached hydrogens (tertiary/aromatic N) is 1. The van der Waals surface area contributed by atoms with Crippen LogP contribution in [0, 0.1) is 5.92 Å². The van der Waals surface area contributed by atoms with Gasteiger partial charge in [0.15, 0.2) is 0 Å². The van der Waals surface area contributed by atoms with E-state index in [4.69, 9.17) is 0 Å². The average Bonchev–Trinajstić information content (AvgIpc) is 1.98. The van der Waals surface area contributed by atoms with E-state index in [2.05, 4.69) is 6.92 Å². The van der Waals surface area contributed by atoms with Crippen molar-refractivity contribution in [2.24, 2.45) is 5.92 Å². The molecular formula is C10H19NO. The summed E-state index contributed by atoms with van der Waals surface area (Å²) in [7, 11) is 1.94. The minimum atomic E-state index is 0.204. The molecule has 0 unspecified atom stereocenters. The molecule has 0 radical (unpaired) electrons. The number of hydrogen-bond donors (Lipinski definition) is 0. The number of carbonyl (C=O) groups excluding carboxylic acids is 1. The molecule has 2 nitrogen and oxygen atoms in total. The lowest BCUT2D eigenvalue weighted by atomic mass is 9.91. The number of hydrogen-bond acceptors (Lipinski definition) is 1. The standard InChI is InChI=1S/C10H19NO/c1-4-8(2)10(12)11(3)9-6-5-7-9/h8-9H,4-7H2,1-3H3/t8-/m0/s1. The quantitative estimate of drug-likeness (QED) is 0.633. The Hall–Kier alpha value is -0.530. The molecule has 1 rings (SSSR count). The summed E-state index contributed by atoms with van der Waals surface area (Å²) in [5, 5.41) is 0. The Bertz CT molecular complexity index is 163. The lowest BCUT2D eigenvalue weighted by Gasteiger charge is -2.36. The van der Waals surface area contributed by atoms with Crippen molar-refractivity contribution in [3.8, 4) is 0 Å². The average molecular weight is 169 g/mol. The Balaban J connectivity index is 2.39. The van der Waals surface area contributed by atoms with Crippen LogP contribution in [0.1, 0.15) is 39.5 Å². The third kappa shape index (κ3) is 1.79. The minimum absolute atomic E-state index is 0.204. The second-order valence-corrected chi connectivity index (χ2v) is 3.84. The molecular weight excluding hydrogens is 150 g/mol. The van der Waals surface area contributed by atoms with Crippen LogP contribution in [0.5, 0.6) is 0 Å². The highest BCUT2D eigenvalue weighted by atomic mass is 16.2. The summed E-state index contributed by atoms with van der Waals surface area (Å²) in [6, 6.07) is 0.548. The molecule has 0 spiro atoms. The Morgan fingerprint density at radius 3 is 2.50 bits per heavy atom. The monoisotopic (exact) mass is 169 g/mol. The van der Waals surface area contributed by atoms with Gasteiger partial charge in [-0.05, 0) is 25.7 Å². The van der Waals surface area contributed by atoms with Gasteiger partial charge in [-0.1, -0.05) is 13.8 Å². The van der Waals surface area contributed by atoms with Crippen LogP contribution in [-0.2, 0) is 4.79 Å². The van der Waals surface area contributed by atoms with Crippen molar-refractivity contribution in [2.45, 2.75) is 45.6 Å². The molecule has 2 heteroatoms. The van der Waals surface area contributed by atoms with E-state index in [0.29, 0.717) is 11.9 Å². The van der Waals surface area contributed by atoms with Crippen LogP contribution in [0.4, 0.5) is 0 Å². The van der Waals surface area contributed by atoms with Gasteiger partial charge in [0, 0.05) is 19.0 Å². The summed E-state index contributed by atoms with van der Waals surface area (Å²) < 4.78 is 0. The second kappa shape index (κ2) is 3.92. The van der Waals surface area contributed by atoms with Gasteiger partial charge in [-0.25, -0.2) is 0 Å². The molecule has 0 saturated heterocycles. The van der Waals surface area contributed by atoms with Crippen LogP contribution in [0.2, 0.25) is 0 Å². The molecule has 0 aromatic carbocycles. The lowest BCUT2D eigenvalue weighted by Crippen LogP contribution is -2.43. The summed E-state index contributed by atoms with van der Waals surface area (Å²) in [5.41, 5.74) is 0. The van der Waals surface area contributed by atoms with Crippen molar-refractivity contribution in [1.29, 1.82) is 0 Å². The van der Waals surface area contributed by atoms with Crippen LogP contribution in [0.3, 0.4) is 0 Å². The van der Waals surface area contributed by atoms with Gasteiger partial charge in [0.25, 0.3) is 0 Å². The predicted molar refractivity (Wildman–Crippen MR) is 49.9 cm³/mol. The molecule has 1 aliphatic rings. The fourth-order valence-electron chi connectivity index (χ4n) is 1.48. The molecule has 0 aliphatic heterocycles. The number of rotatable bonds is 3. The van der Waals surface area contributed by atoms with Gasteiger partial charge in [0.05, 0.1) is 0 Å². The molecule has 1 fully saturated rings. The highest BCUT2D eigenvalue weighted by Crippen LogP contribution is 2.24. The van der Waals surface area contributed by atoms with Crippen molar-refractivity contribution < 1.29 is 4.79 Å². The van der Waals surface area contributed by atoms with E-state index >= 15 is 0 Å². The molecule has 0 aromatic rings. The van der Waals surface area contributed by atoms with E-state index in [1.165, 1.54) is 19.3 Å². The molecule has 1 amide bonds. The molecule has 0 heterocycles. The van der Waals surface area contributed by atoms with Gasteiger partial charge in [0.1, 0.15) is 0 Å². The van der Waals surface area contributed by atoms with Crippen LogP contribution >= 0.6 is 0 Å². The topological polar surface area (TPSA) is 20.3 Å². The fourth-order valence-corrected chi connectivity index (χ4v) is 1.48. The Morgan fingerprint density at radius 1 is 1.58 bits per heavy atom. The highest BCUT2D eigenvalue weighted by Gasteiger charge is 2.27. The maximum atomic E-state index is 11.6. The highest BCUT2D eigenvalue weighted by molar-refractivity contribution is 5.78. The zero-order valence-corrected chi connectivity index (χ0v) is 8.34. The zero-order chi connectivity index (χ0) is 9.14. The third-order valence-corrected chi connectivity index (χ3v) is 3.00. The van der Waals surface area contributed by atoms with Crippen molar-refractivity contribution >= 4 is 5.91 Å². The first kappa shape index (κ1) is 9.56. The molecule has 0 aromatic heterocycles. The second-order valence-electron chi connectivity index (χ2n) is 3.84. The SMILES string of the molecule is CC[C@H](C)C(=O)N(C)C1CCC1. The fraction of sp³-hybridized carbons (Fsp3) is 0.900. The Morgan fingerprint density at radius 2 is 2.17 bits per heavy atom. The summed E-state index contributed by atoms with van der Waals surface area (Å²) in [4.78, 5) is 13.6. The van der Waals surface area contributed by atoms with Crippen molar-refractivity contribution in [2.75, 3.05) is 7.05 Å². The summed E-state index contributed by atoms with van der Waals surface area (Å²) >= 11 is 0. The first-order valence-electron chi connectivity index (χ1n) is 4.93. The maximum Gasteiger partial charge on any atom is 0.225 e. The van der Waals surface area contributed by atoms with Crippen LogP contribution in [0.25, 0.3) is 0 Å². The van der Waals surface area contributed by atoms with Gasteiger partial charge in [-0.15, -0.1) is 0 Å². The van der Waals surface area contributed by atoms with Crippen molar-refractivity contribution in [3.05, 3.63) is 0 Å². The smallest absolute Gasteiger partial charge is 0.225 e. The molecule has 1 atom stereocenters. The van der Waals surface area contributed by atoms with E-state index < -0.39 is 0 Å². The number of amides is 1. The molecule has 1 aliphatic carbocycles. The molecule has 12 heavy (non-hydrogen) atoms. The van der Waals surface area contributed by atoms with Gasteiger partial charge >= 0.3 is 0 Å². The normalized spacial score (nSPS) is 19.9. The molecule has 0 N–H and O–H groups in total. The van der Waals surface area contributed by atoms with Gasteiger partial charge in [-0.2, -0.15) is 0 Å². The molecule has 1 saturated carbocycles. The maximum absolute atomic E-state index is 11.6. The van der Waals surface area contributed by atoms with E-state index in [1.54, 1.807) is 0 Å². The minimum Gasteiger partial charge on any atom is -0.343 e. The lowest BCUT2D eigenvalue weighted by molar-refractivity contribution is -0.137.